The van der Waals surface area contributed by atoms with E-state index in [0.29, 0.717) is 19.6 Å². The molecule has 1 aromatic rings. The van der Waals surface area contributed by atoms with Crippen molar-refractivity contribution in [1.82, 2.24) is 10.2 Å². The zero-order chi connectivity index (χ0) is 14.1. The number of carbonyl (C=O) groups is 2. The van der Waals surface area contributed by atoms with E-state index in [2.05, 4.69) is 5.32 Å². The normalized spacial score (nSPS) is 24.1. The Morgan fingerprint density at radius 3 is 2.95 bits per heavy atom. The third kappa shape index (κ3) is 2.17. The van der Waals surface area contributed by atoms with Gasteiger partial charge in [0.05, 0.1) is 6.04 Å². The van der Waals surface area contributed by atoms with Crippen LogP contribution in [0.2, 0.25) is 0 Å². The van der Waals surface area contributed by atoms with E-state index in [4.69, 9.17) is 9.84 Å². The first-order valence-electron chi connectivity index (χ1n) is 6.68. The largest absolute Gasteiger partial charge is 0.491 e. The van der Waals surface area contributed by atoms with Gasteiger partial charge in [0, 0.05) is 12.1 Å². The van der Waals surface area contributed by atoms with Crippen LogP contribution in [0.3, 0.4) is 0 Å². The Hall–Kier alpha value is -2.24. The highest BCUT2D eigenvalue weighted by molar-refractivity contribution is 5.83. The van der Waals surface area contributed by atoms with Crippen LogP contribution in [0.25, 0.3) is 0 Å². The molecule has 1 saturated heterocycles. The van der Waals surface area contributed by atoms with E-state index in [9.17, 15) is 9.59 Å². The molecular formula is C14H16N2O4. The Morgan fingerprint density at radius 1 is 1.35 bits per heavy atom. The highest BCUT2D eigenvalue weighted by Gasteiger charge is 2.36. The monoisotopic (exact) mass is 276 g/mol. The van der Waals surface area contributed by atoms with Crippen LogP contribution in [-0.4, -0.2) is 41.2 Å². The quantitative estimate of drug-likeness (QED) is 0.855. The van der Waals surface area contributed by atoms with Gasteiger partial charge in [0.15, 0.2) is 0 Å². The summed E-state index contributed by atoms with van der Waals surface area (Å²) < 4.78 is 5.50. The molecule has 6 nitrogen and oxygen atoms in total. The highest BCUT2D eigenvalue weighted by Crippen LogP contribution is 2.32. The first kappa shape index (κ1) is 12.8. The number of fused-ring (bicyclic) bond motifs is 1. The van der Waals surface area contributed by atoms with Crippen LogP contribution < -0.4 is 10.1 Å². The van der Waals surface area contributed by atoms with Gasteiger partial charge in [-0.3, -0.25) is 0 Å². The number of carboxylic acid groups (broad SMARTS) is 1. The average molecular weight is 276 g/mol. The fourth-order valence-corrected chi connectivity index (χ4v) is 2.78. The molecule has 2 amide bonds. The Kier molecular flexibility index (Phi) is 3.22. The number of carboxylic acids is 1. The van der Waals surface area contributed by atoms with Crippen molar-refractivity contribution in [3.05, 3.63) is 29.8 Å². The van der Waals surface area contributed by atoms with Crippen molar-refractivity contribution in [2.24, 2.45) is 0 Å². The molecule has 0 bridgehead atoms. The fraction of sp³-hybridized carbons (Fsp3) is 0.429. The van der Waals surface area contributed by atoms with Gasteiger partial charge in [0.2, 0.25) is 0 Å². The maximum Gasteiger partial charge on any atom is 0.326 e. The van der Waals surface area contributed by atoms with Gasteiger partial charge >= 0.3 is 12.0 Å². The van der Waals surface area contributed by atoms with Crippen molar-refractivity contribution in [1.29, 1.82) is 0 Å². The fourth-order valence-electron chi connectivity index (χ4n) is 2.78. The van der Waals surface area contributed by atoms with Gasteiger partial charge in [-0.1, -0.05) is 18.2 Å². The molecule has 6 heteroatoms. The molecule has 20 heavy (non-hydrogen) atoms. The zero-order valence-corrected chi connectivity index (χ0v) is 10.9. The van der Waals surface area contributed by atoms with Crippen molar-refractivity contribution in [2.75, 3.05) is 13.2 Å². The first-order valence-corrected chi connectivity index (χ1v) is 6.68. The van der Waals surface area contributed by atoms with Crippen LogP contribution in [-0.2, 0) is 4.79 Å². The number of rotatable bonds is 2. The van der Waals surface area contributed by atoms with Crippen LogP contribution in [0.1, 0.15) is 24.4 Å². The summed E-state index contributed by atoms with van der Waals surface area (Å²) in [5, 5.41) is 12.0. The van der Waals surface area contributed by atoms with Gasteiger partial charge in [-0.05, 0) is 18.9 Å². The summed E-state index contributed by atoms with van der Waals surface area (Å²) >= 11 is 0. The van der Waals surface area contributed by atoms with Crippen molar-refractivity contribution in [3.8, 4) is 5.75 Å². The second-order valence-electron chi connectivity index (χ2n) is 5.04. The Balaban J connectivity index is 1.70. The van der Waals surface area contributed by atoms with E-state index < -0.39 is 12.0 Å². The van der Waals surface area contributed by atoms with Gasteiger partial charge in [-0.15, -0.1) is 0 Å². The summed E-state index contributed by atoms with van der Waals surface area (Å²) in [4.78, 5) is 24.7. The number of para-hydroxylation sites is 1. The number of benzene rings is 1. The number of amides is 2. The van der Waals surface area contributed by atoms with Crippen LogP contribution >= 0.6 is 0 Å². The number of ether oxygens (including phenoxy) is 1. The first-order chi connectivity index (χ1) is 9.66. The van der Waals surface area contributed by atoms with Crippen molar-refractivity contribution >= 4 is 12.0 Å². The molecule has 2 heterocycles. The van der Waals surface area contributed by atoms with Gasteiger partial charge in [-0.25, -0.2) is 9.59 Å². The maximum atomic E-state index is 12.2. The van der Waals surface area contributed by atoms with Gasteiger partial charge in [-0.2, -0.15) is 0 Å². The lowest BCUT2D eigenvalue weighted by Gasteiger charge is -2.23. The third-order valence-electron chi connectivity index (χ3n) is 3.80. The topological polar surface area (TPSA) is 78.9 Å². The number of aliphatic carboxylic acids is 1. The van der Waals surface area contributed by atoms with Crippen molar-refractivity contribution in [3.63, 3.8) is 0 Å². The van der Waals surface area contributed by atoms with Crippen LogP contribution in [0.5, 0.6) is 5.75 Å². The van der Waals surface area contributed by atoms with Gasteiger partial charge < -0.3 is 20.1 Å². The number of nitrogens with one attached hydrogen (secondary N) is 1. The Bertz CT molecular complexity index is 546. The molecule has 2 N–H and O–H groups in total. The summed E-state index contributed by atoms with van der Waals surface area (Å²) in [5.74, 6) is -0.172. The van der Waals surface area contributed by atoms with Crippen LogP contribution in [0.15, 0.2) is 24.3 Å². The standard InChI is InChI=1S/C14H16N2O4/c17-13(18)11-5-3-7-16(11)14(19)15-10-8-20-12-6-2-1-4-9(10)12/h1-2,4,6,10-11H,3,5,7-8H2,(H,15,19)(H,17,18)/t10?,11-/m1/s1. The molecule has 2 aliphatic heterocycles. The lowest BCUT2D eigenvalue weighted by Crippen LogP contribution is -2.47. The van der Waals surface area contributed by atoms with E-state index in [1.54, 1.807) is 0 Å². The number of urea groups is 1. The minimum absolute atomic E-state index is 0.214. The number of carbonyl (C=O) groups excluding carboxylic acids is 1. The summed E-state index contributed by atoms with van der Waals surface area (Å²) in [6.07, 6.45) is 1.24. The molecule has 106 valence electrons. The number of likely N-dealkylation sites (tertiary alicyclic amines) is 1. The number of hydrogen-bond donors (Lipinski definition) is 2. The summed E-state index contributed by atoms with van der Waals surface area (Å²) in [7, 11) is 0. The van der Waals surface area contributed by atoms with Crippen LogP contribution in [0, 0.1) is 0 Å². The van der Waals surface area contributed by atoms with E-state index >= 15 is 0 Å². The smallest absolute Gasteiger partial charge is 0.326 e. The summed E-state index contributed by atoms with van der Waals surface area (Å²) in [6, 6.07) is 6.28. The average Bonchev–Trinajstić information content (AvgIpc) is 3.06. The molecule has 0 aliphatic carbocycles. The lowest BCUT2D eigenvalue weighted by atomic mass is 10.1. The molecule has 1 fully saturated rings. The molecule has 0 aromatic heterocycles. The SMILES string of the molecule is O=C(O)[C@H]1CCCN1C(=O)NC1COc2ccccc21. The predicted octanol–water partition coefficient (Wildman–Crippen LogP) is 1.38. The molecular weight excluding hydrogens is 260 g/mol. The number of hydrogen-bond acceptors (Lipinski definition) is 3. The molecule has 1 unspecified atom stereocenters. The molecule has 0 saturated carbocycles. The Labute approximate surface area is 116 Å². The molecule has 1 aromatic carbocycles. The van der Waals surface area contributed by atoms with Gasteiger partial charge in [0.25, 0.3) is 0 Å². The minimum atomic E-state index is -0.944. The highest BCUT2D eigenvalue weighted by atomic mass is 16.5. The maximum absolute atomic E-state index is 12.2. The van der Waals surface area contributed by atoms with Crippen molar-refractivity contribution < 1.29 is 19.4 Å². The molecule has 2 aliphatic rings. The number of nitrogens with zero attached hydrogens (tertiary/aromatic N) is 1. The van der Waals surface area contributed by atoms with E-state index in [1.165, 1.54) is 4.90 Å². The minimum Gasteiger partial charge on any atom is -0.491 e. The molecule has 2 atom stereocenters. The molecule has 0 radical (unpaired) electrons. The third-order valence-corrected chi connectivity index (χ3v) is 3.80. The molecule has 3 rings (SSSR count). The van der Waals surface area contributed by atoms with E-state index in [-0.39, 0.29) is 12.1 Å². The van der Waals surface area contributed by atoms with E-state index in [1.807, 2.05) is 24.3 Å². The zero-order valence-electron chi connectivity index (χ0n) is 10.9. The summed E-state index contributed by atoms with van der Waals surface area (Å²) in [5.41, 5.74) is 0.937. The van der Waals surface area contributed by atoms with Crippen LogP contribution in [0.4, 0.5) is 4.79 Å². The Morgan fingerprint density at radius 2 is 2.15 bits per heavy atom. The second kappa shape index (κ2) is 5.03. The summed E-state index contributed by atoms with van der Waals surface area (Å²) in [6.45, 7) is 0.870. The lowest BCUT2D eigenvalue weighted by molar-refractivity contribution is -0.141. The van der Waals surface area contributed by atoms with E-state index in [0.717, 1.165) is 17.7 Å². The predicted molar refractivity (Wildman–Crippen MR) is 70.6 cm³/mol. The molecule has 0 spiro atoms. The van der Waals surface area contributed by atoms with Gasteiger partial charge in [0.1, 0.15) is 18.4 Å². The van der Waals surface area contributed by atoms with Crippen molar-refractivity contribution in [2.45, 2.75) is 24.9 Å². The second-order valence-corrected chi connectivity index (χ2v) is 5.04.